The molecule has 0 atom stereocenters. The molecule has 0 saturated heterocycles. The maximum absolute atomic E-state index is 12.2. The Hall–Kier alpha value is -2.41. The van der Waals surface area contributed by atoms with Crippen LogP contribution in [0.3, 0.4) is 0 Å². The average Bonchev–Trinajstić information content (AvgIpc) is 2.70. The number of nitrogen functional groups attached to an aromatic ring is 1. The Labute approximate surface area is 117 Å². The molecule has 2 heterocycles. The van der Waals surface area contributed by atoms with Crippen molar-refractivity contribution < 1.29 is 4.79 Å². The van der Waals surface area contributed by atoms with Crippen molar-refractivity contribution >= 4 is 11.6 Å². The summed E-state index contributed by atoms with van der Waals surface area (Å²) >= 11 is 0. The first-order valence-electron chi connectivity index (χ1n) is 6.22. The summed E-state index contributed by atoms with van der Waals surface area (Å²) in [6.45, 7) is 4.32. The van der Waals surface area contributed by atoms with E-state index in [0.717, 1.165) is 17.0 Å². The van der Waals surface area contributed by atoms with Crippen molar-refractivity contribution in [3.8, 4) is 0 Å². The summed E-state index contributed by atoms with van der Waals surface area (Å²) in [4.78, 5) is 16.1. The van der Waals surface area contributed by atoms with Crippen molar-refractivity contribution in [3.63, 3.8) is 0 Å². The Balaban J connectivity index is 2.13. The number of nitrogens with zero attached hydrogens (tertiary/aromatic N) is 3. The van der Waals surface area contributed by atoms with Crippen LogP contribution in [0.1, 0.15) is 27.3 Å². The number of anilines is 1. The molecule has 0 radical (unpaired) electrons. The molecular formula is C13H18N6O. The van der Waals surface area contributed by atoms with E-state index in [2.05, 4.69) is 20.8 Å². The predicted molar refractivity (Wildman–Crippen MR) is 75.9 cm³/mol. The van der Waals surface area contributed by atoms with Gasteiger partial charge in [-0.05, 0) is 19.9 Å². The van der Waals surface area contributed by atoms with E-state index < -0.39 is 0 Å². The smallest absolute Gasteiger partial charge is 0.253 e. The molecule has 0 bridgehead atoms. The normalized spacial score (nSPS) is 10.4. The lowest BCUT2D eigenvalue weighted by Gasteiger charge is -2.09. The van der Waals surface area contributed by atoms with Crippen LogP contribution in [0.2, 0.25) is 0 Å². The van der Waals surface area contributed by atoms with E-state index in [1.165, 1.54) is 6.20 Å². The number of amides is 1. The van der Waals surface area contributed by atoms with Crippen LogP contribution in [0.4, 0.5) is 5.69 Å². The first-order valence-corrected chi connectivity index (χ1v) is 6.22. The molecule has 0 aliphatic rings. The lowest BCUT2D eigenvalue weighted by molar-refractivity contribution is 0.0951. The summed E-state index contributed by atoms with van der Waals surface area (Å²) in [7, 11) is 1.88. The molecule has 2 rings (SSSR count). The highest BCUT2D eigenvalue weighted by Gasteiger charge is 2.13. The third-order valence-corrected chi connectivity index (χ3v) is 3.31. The van der Waals surface area contributed by atoms with E-state index in [1.54, 1.807) is 16.9 Å². The van der Waals surface area contributed by atoms with Crippen molar-refractivity contribution in [1.29, 1.82) is 0 Å². The summed E-state index contributed by atoms with van der Waals surface area (Å²) in [5, 5.41) is 7.19. The van der Waals surface area contributed by atoms with Crippen LogP contribution in [-0.4, -0.2) is 20.7 Å². The standard InChI is InChI=1S/C13H18N6O/c1-8-11(9(2)19(3)18-8)6-16-13(20)10-4-5-15-7-12(10)17-14/h4-5,7,17H,6,14H2,1-3H3,(H,16,20). The molecule has 106 valence electrons. The Morgan fingerprint density at radius 3 is 2.80 bits per heavy atom. The quantitative estimate of drug-likeness (QED) is 0.561. The fourth-order valence-corrected chi connectivity index (χ4v) is 2.04. The van der Waals surface area contributed by atoms with Gasteiger partial charge < -0.3 is 10.7 Å². The van der Waals surface area contributed by atoms with E-state index in [-0.39, 0.29) is 5.91 Å². The van der Waals surface area contributed by atoms with Gasteiger partial charge in [0, 0.05) is 31.0 Å². The van der Waals surface area contributed by atoms with Gasteiger partial charge in [0.05, 0.1) is 23.1 Å². The molecule has 0 aromatic carbocycles. The molecule has 0 unspecified atom stereocenters. The number of aromatic nitrogens is 3. The van der Waals surface area contributed by atoms with Gasteiger partial charge in [0.25, 0.3) is 5.91 Å². The van der Waals surface area contributed by atoms with Crippen LogP contribution in [-0.2, 0) is 13.6 Å². The number of carbonyl (C=O) groups excluding carboxylic acids is 1. The molecule has 1 amide bonds. The van der Waals surface area contributed by atoms with Crippen LogP contribution in [0.15, 0.2) is 18.5 Å². The number of nitrogens with two attached hydrogens (primary N) is 1. The largest absolute Gasteiger partial charge is 0.348 e. The van der Waals surface area contributed by atoms with E-state index in [0.29, 0.717) is 17.8 Å². The Kier molecular flexibility index (Phi) is 3.99. The molecule has 0 aliphatic heterocycles. The van der Waals surface area contributed by atoms with E-state index in [1.807, 2.05) is 20.9 Å². The van der Waals surface area contributed by atoms with Crippen LogP contribution < -0.4 is 16.6 Å². The molecule has 7 nitrogen and oxygen atoms in total. The van der Waals surface area contributed by atoms with Crippen molar-refractivity contribution in [3.05, 3.63) is 41.0 Å². The number of carbonyl (C=O) groups is 1. The Morgan fingerprint density at radius 2 is 2.20 bits per heavy atom. The van der Waals surface area contributed by atoms with E-state index in [4.69, 9.17) is 5.84 Å². The molecule has 7 heteroatoms. The van der Waals surface area contributed by atoms with Gasteiger partial charge in [0.15, 0.2) is 0 Å². The third kappa shape index (κ3) is 2.62. The summed E-state index contributed by atoms with van der Waals surface area (Å²) in [5.74, 6) is 5.16. The molecule has 0 aliphatic carbocycles. The van der Waals surface area contributed by atoms with Crippen molar-refractivity contribution in [2.45, 2.75) is 20.4 Å². The maximum atomic E-state index is 12.2. The van der Waals surface area contributed by atoms with Crippen molar-refractivity contribution in [2.75, 3.05) is 5.43 Å². The third-order valence-electron chi connectivity index (χ3n) is 3.31. The molecule has 2 aromatic heterocycles. The molecule has 4 N–H and O–H groups in total. The predicted octanol–water partition coefficient (Wildman–Crippen LogP) is 0.648. The monoisotopic (exact) mass is 274 g/mol. The highest BCUT2D eigenvalue weighted by molar-refractivity contribution is 5.99. The van der Waals surface area contributed by atoms with Gasteiger partial charge in [-0.2, -0.15) is 5.10 Å². The second-order valence-corrected chi connectivity index (χ2v) is 4.52. The maximum Gasteiger partial charge on any atom is 0.253 e. The average molecular weight is 274 g/mol. The van der Waals surface area contributed by atoms with Gasteiger partial charge >= 0.3 is 0 Å². The SMILES string of the molecule is Cc1nn(C)c(C)c1CNC(=O)c1ccncc1NN. The van der Waals surface area contributed by atoms with Crippen LogP contribution in [0, 0.1) is 13.8 Å². The molecular weight excluding hydrogens is 256 g/mol. The Morgan fingerprint density at radius 1 is 1.45 bits per heavy atom. The fraction of sp³-hybridized carbons (Fsp3) is 0.308. The first-order chi connectivity index (χ1) is 9.54. The van der Waals surface area contributed by atoms with Crippen LogP contribution >= 0.6 is 0 Å². The lowest BCUT2D eigenvalue weighted by atomic mass is 10.1. The second kappa shape index (κ2) is 5.70. The Bertz CT molecular complexity index is 634. The molecule has 0 spiro atoms. The number of hydrazine groups is 1. The van der Waals surface area contributed by atoms with Gasteiger partial charge in [-0.15, -0.1) is 0 Å². The van der Waals surface area contributed by atoms with Crippen molar-refractivity contribution in [1.82, 2.24) is 20.1 Å². The second-order valence-electron chi connectivity index (χ2n) is 4.52. The van der Waals surface area contributed by atoms with Gasteiger partial charge in [-0.1, -0.05) is 0 Å². The molecule has 0 saturated carbocycles. The van der Waals surface area contributed by atoms with Gasteiger partial charge in [0.2, 0.25) is 0 Å². The molecule has 2 aromatic rings. The van der Waals surface area contributed by atoms with Crippen molar-refractivity contribution in [2.24, 2.45) is 12.9 Å². The summed E-state index contributed by atoms with van der Waals surface area (Å²) in [6.07, 6.45) is 3.06. The van der Waals surface area contributed by atoms with E-state index in [9.17, 15) is 4.79 Å². The minimum absolute atomic E-state index is 0.206. The number of aryl methyl sites for hydroxylation is 2. The molecule has 20 heavy (non-hydrogen) atoms. The zero-order valence-electron chi connectivity index (χ0n) is 11.8. The number of rotatable bonds is 4. The van der Waals surface area contributed by atoms with Crippen LogP contribution in [0.5, 0.6) is 0 Å². The summed E-state index contributed by atoms with van der Waals surface area (Å²) in [5.41, 5.74) is 6.39. The zero-order valence-corrected chi connectivity index (χ0v) is 11.8. The summed E-state index contributed by atoms with van der Waals surface area (Å²) in [6, 6.07) is 1.62. The number of nitrogens with one attached hydrogen (secondary N) is 2. The van der Waals surface area contributed by atoms with E-state index >= 15 is 0 Å². The highest BCUT2D eigenvalue weighted by Crippen LogP contribution is 2.14. The summed E-state index contributed by atoms with van der Waals surface area (Å²) < 4.78 is 1.80. The number of pyridine rings is 1. The van der Waals surface area contributed by atoms with Gasteiger partial charge in [-0.3, -0.25) is 20.3 Å². The van der Waals surface area contributed by atoms with Gasteiger partial charge in [-0.25, -0.2) is 0 Å². The number of hydrogen-bond donors (Lipinski definition) is 3. The minimum Gasteiger partial charge on any atom is -0.348 e. The highest BCUT2D eigenvalue weighted by atomic mass is 16.1. The lowest BCUT2D eigenvalue weighted by Crippen LogP contribution is -2.25. The fourth-order valence-electron chi connectivity index (χ4n) is 2.04. The zero-order chi connectivity index (χ0) is 14.7. The molecule has 0 fully saturated rings. The minimum atomic E-state index is -0.206. The first kappa shape index (κ1) is 14.0. The van der Waals surface area contributed by atoms with Gasteiger partial charge in [0.1, 0.15) is 0 Å². The van der Waals surface area contributed by atoms with Crippen LogP contribution in [0.25, 0.3) is 0 Å². The number of hydrogen-bond acceptors (Lipinski definition) is 5. The topological polar surface area (TPSA) is 97.9 Å².